The maximum absolute atomic E-state index is 12.7. The molecule has 5 heteroatoms. The third kappa shape index (κ3) is 4.04. The molecule has 0 bridgehead atoms. The lowest BCUT2D eigenvalue weighted by atomic mass is 9.98. The fourth-order valence-electron chi connectivity index (χ4n) is 3.95. The molecule has 1 aromatic heterocycles. The topological polar surface area (TPSA) is 59.8 Å². The summed E-state index contributed by atoms with van der Waals surface area (Å²) in [6.45, 7) is 5.42. The Morgan fingerprint density at radius 2 is 1.83 bits per heavy atom. The van der Waals surface area contributed by atoms with Crippen molar-refractivity contribution in [3.8, 4) is 5.75 Å². The summed E-state index contributed by atoms with van der Waals surface area (Å²) < 4.78 is 11.6. The van der Waals surface area contributed by atoms with Crippen LogP contribution in [0.2, 0.25) is 0 Å². The van der Waals surface area contributed by atoms with Crippen LogP contribution >= 0.6 is 0 Å². The van der Waals surface area contributed by atoms with Gasteiger partial charge in [-0.05, 0) is 55.5 Å². The van der Waals surface area contributed by atoms with E-state index in [2.05, 4.69) is 0 Å². The summed E-state index contributed by atoms with van der Waals surface area (Å²) in [7, 11) is 0. The molecule has 0 spiro atoms. The standard InChI is InChI=1S/C24H25NO4/c1-16-12-20(28-15-22(26)25-10-6-7-11-25)23-17(2)19(24(27)29-21(23)13-16)14-18-8-4-3-5-9-18/h3-5,8-9,12-13H,6-7,10-11,14-15H2,1-2H3. The van der Waals surface area contributed by atoms with Crippen LogP contribution in [0.5, 0.6) is 5.75 Å². The van der Waals surface area contributed by atoms with Gasteiger partial charge in [0.25, 0.3) is 5.91 Å². The van der Waals surface area contributed by atoms with Crippen molar-refractivity contribution < 1.29 is 13.9 Å². The highest BCUT2D eigenvalue weighted by Gasteiger charge is 2.20. The molecule has 4 rings (SSSR count). The van der Waals surface area contributed by atoms with E-state index in [9.17, 15) is 9.59 Å². The highest BCUT2D eigenvalue weighted by Crippen LogP contribution is 2.31. The van der Waals surface area contributed by atoms with Gasteiger partial charge in [0.2, 0.25) is 0 Å². The largest absolute Gasteiger partial charge is 0.483 e. The molecule has 0 aliphatic carbocycles. The second kappa shape index (κ2) is 8.11. The molecule has 150 valence electrons. The Bertz CT molecular complexity index is 1100. The van der Waals surface area contributed by atoms with Gasteiger partial charge in [0, 0.05) is 25.1 Å². The molecule has 1 aliphatic rings. The number of carbonyl (C=O) groups excluding carboxylic acids is 1. The number of hydrogen-bond acceptors (Lipinski definition) is 4. The molecule has 2 aromatic carbocycles. The van der Waals surface area contributed by atoms with E-state index in [1.807, 2.05) is 61.2 Å². The summed E-state index contributed by atoms with van der Waals surface area (Å²) in [5.74, 6) is 0.583. The summed E-state index contributed by atoms with van der Waals surface area (Å²) in [5.41, 5.74) is 3.57. The van der Waals surface area contributed by atoms with Crippen LogP contribution < -0.4 is 10.4 Å². The highest BCUT2D eigenvalue weighted by atomic mass is 16.5. The Morgan fingerprint density at radius 3 is 2.55 bits per heavy atom. The van der Waals surface area contributed by atoms with Gasteiger partial charge in [-0.2, -0.15) is 0 Å². The van der Waals surface area contributed by atoms with E-state index >= 15 is 0 Å². The molecule has 0 saturated carbocycles. The van der Waals surface area contributed by atoms with Crippen molar-refractivity contribution >= 4 is 16.9 Å². The molecular formula is C24H25NO4. The first-order valence-electron chi connectivity index (χ1n) is 10.0. The normalized spacial score (nSPS) is 13.8. The van der Waals surface area contributed by atoms with Gasteiger partial charge in [0.05, 0.1) is 5.39 Å². The molecule has 3 aromatic rings. The summed E-state index contributed by atoms with van der Waals surface area (Å²) >= 11 is 0. The average molecular weight is 391 g/mol. The minimum atomic E-state index is -0.330. The van der Waals surface area contributed by atoms with Crippen LogP contribution in [0, 0.1) is 13.8 Å². The predicted molar refractivity (Wildman–Crippen MR) is 113 cm³/mol. The molecule has 0 atom stereocenters. The molecule has 0 radical (unpaired) electrons. The molecule has 0 unspecified atom stereocenters. The smallest absolute Gasteiger partial charge is 0.340 e. The first kappa shape index (κ1) is 19.2. The third-order valence-corrected chi connectivity index (χ3v) is 5.52. The lowest BCUT2D eigenvalue weighted by Gasteiger charge is -2.17. The monoisotopic (exact) mass is 391 g/mol. The van der Waals surface area contributed by atoms with Crippen LogP contribution in [-0.4, -0.2) is 30.5 Å². The van der Waals surface area contributed by atoms with Crippen molar-refractivity contribution in [3.05, 3.63) is 75.1 Å². The Morgan fingerprint density at radius 1 is 1.10 bits per heavy atom. The van der Waals surface area contributed by atoms with E-state index in [0.29, 0.717) is 23.3 Å². The lowest BCUT2D eigenvalue weighted by Crippen LogP contribution is -2.32. The van der Waals surface area contributed by atoms with Crippen molar-refractivity contribution in [3.63, 3.8) is 0 Å². The van der Waals surface area contributed by atoms with Crippen LogP contribution in [0.3, 0.4) is 0 Å². The minimum Gasteiger partial charge on any atom is -0.483 e. The van der Waals surface area contributed by atoms with Gasteiger partial charge in [-0.1, -0.05) is 30.3 Å². The van der Waals surface area contributed by atoms with Gasteiger partial charge in [0.1, 0.15) is 11.3 Å². The Kier molecular flexibility index (Phi) is 5.38. The Labute approximate surface area is 169 Å². The molecule has 1 saturated heterocycles. The van der Waals surface area contributed by atoms with E-state index in [1.165, 1.54) is 0 Å². The zero-order valence-electron chi connectivity index (χ0n) is 16.9. The minimum absolute atomic E-state index is 0.00305. The first-order chi connectivity index (χ1) is 14.0. The summed E-state index contributed by atoms with van der Waals surface area (Å²) in [4.78, 5) is 26.9. The van der Waals surface area contributed by atoms with E-state index in [1.54, 1.807) is 0 Å². The third-order valence-electron chi connectivity index (χ3n) is 5.52. The Hall–Kier alpha value is -3.08. The van der Waals surface area contributed by atoms with Gasteiger partial charge in [-0.3, -0.25) is 4.79 Å². The van der Waals surface area contributed by atoms with Gasteiger partial charge in [-0.15, -0.1) is 0 Å². The van der Waals surface area contributed by atoms with Crippen molar-refractivity contribution in [1.82, 2.24) is 4.90 Å². The Balaban J connectivity index is 1.70. The number of fused-ring (bicyclic) bond motifs is 1. The van der Waals surface area contributed by atoms with Gasteiger partial charge in [-0.25, -0.2) is 4.79 Å². The predicted octanol–water partition coefficient (Wildman–Crippen LogP) is 4.00. The van der Waals surface area contributed by atoms with Gasteiger partial charge >= 0.3 is 5.63 Å². The number of amides is 1. The second-order valence-corrected chi connectivity index (χ2v) is 7.67. The number of hydrogen-bond donors (Lipinski definition) is 0. The van der Waals surface area contributed by atoms with Gasteiger partial charge < -0.3 is 14.1 Å². The zero-order valence-corrected chi connectivity index (χ0v) is 16.9. The molecule has 1 aliphatic heterocycles. The highest BCUT2D eigenvalue weighted by molar-refractivity contribution is 5.89. The lowest BCUT2D eigenvalue weighted by molar-refractivity contribution is -0.132. The fourth-order valence-corrected chi connectivity index (χ4v) is 3.95. The molecule has 0 N–H and O–H groups in total. The van der Waals surface area contributed by atoms with Crippen LogP contribution in [0.4, 0.5) is 0 Å². The van der Waals surface area contributed by atoms with Crippen LogP contribution in [-0.2, 0) is 11.2 Å². The number of rotatable bonds is 5. The summed E-state index contributed by atoms with van der Waals surface area (Å²) in [5, 5.41) is 0.760. The molecule has 29 heavy (non-hydrogen) atoms. The molecule has 1 amide bonds. The number of nitrogens with zero attached hydrogens (tertiary/aromatic N) is 1. The molecule has 2 heterocycles. The zero-order chi connectivity index (χ0) is 20.4. The average Bonchev–Trinajstić information content (AvgIpc) is 3.24. The second-order valence-electron chi connectivity index (χ2n) is 7.67. The van der Waals surface area contributed by atoms with Gasteiger partial charge in [0.15, 0.2) is 6.61 Å². The SMILES string of the molecule is Cc1cc(OCC(=O)N2CCCC2)c2c(C)c(Cc3ccccc3)c(=O)oc2c1. The first-order valence-corrected chi connectivity index (χ1v) is 10.0. The fraction of sp³-hybridized carbons (Fsp3) is 0.333. The van der Waals surface area contributed by atoms with Crippen LogP contribution in [0.15, 0.2) is 51.7 Å². The quantitative estimate of drug-likeness (QED) is 0.617. The number of carbonyl (C=O) groups is 1. The van der Waals surface area contributed by atoms with E-state index in [0.717, 1.165) is 48.0 Å². The maximum atomic E-state index is 12.7. The van der Waals surface area contributed by atoms with E-state index in [-0.39, 0.29) is 18.1 Å². The van der Waals surface area contributed by atoms with E-state index in [4.69, 9.17) is 9.15 Å². The number of benzene rings is 2. The number of ether oxygens (including phenoxy) is 1. The van der Waals surface area contributed by atoms with E-state index < -0.39 is 0 Å². The molecule has 5 nitrogen and oxygen atoms in total. The van der Waals surface area contributed by atoms with Crippen molar-refractivity contribution in [2.45, 2.75) is 33.1 Å². The number of aryl methyl sites for hydroxylation is 2. The number of likely N-dealkylation sites (tertiary alicyclic amines) is 1. The maximum Gasteiger partial charge on any atom is 0.340 e. The molecular weight excluding hydrogens is 366 g/mol. The summed E-state index contributed by atoms with van der Waals surface area (Å²) in [6, 6.07) is 13.6. The van der Waals surface area contributed by atoms with Crippen molar-refractivity contribution in [2.24, 2.45) is 0 Å². The summed E-state index contributed by atoms with van der Waals surface area (Å²) in [6.07, 6.45) is 2.59. The van der Waals surface area contributed by atoms with Crippen molar-refractivity contribution in [1.29, 1.82) is 0 Å². The van der Waals surface area contributed by atoms with Crippen molar-refractivity contribution in [2.75, 3.05) is 19.7 Å². The molecule has 1 fully saturated rings. The van der Waals surface area contributed by atoms with Crippen LogP contribution in [0.25, 0.3) is 11.0 Å². The van der Waals surface area contributed by atoms with Crippen LogP contribution in [0.1, 0.15) is 35.1 Å².